The zero-order valence-corrected chi connectivity index (χ0v) is 20.5. The van der Waals surface area contributed by atoms with Crippen LogP contribution in [-0.2, 0) is 0 Å². The second-order valence-electron chi connectivity index (χ2n) is 7.73. The van der Waals surface area contributed by atoms with Crippen LogP contribution in [0.4, 0.5) is 5.82 Å². The highest BCUT2D eigenvalue weighted by molar-refractivity contribution is 7.98. The number of anilines is 1. The zero-order valence-electron chi connectivity index (χ0n) is 19.7. The van der Waals surface area contributed by atoms with Gasteiger partial charge in [0.15, 0.2) is 0 Å². The van der Waals surface area contributed by atoms with Gasteiger partial charge >= 0.3 is 0 Å². The number of para-hydroxylation sites is 1. The van der Waals surface area contributed by atoms with Crippen molar-refractivity contribution in [2.24, 2.45) is 0 Å². The van der Waals surface area contributed by atoms with E-state index in [1.54, 1.807) is 50.3 Å². The second-order valence-corrected chi connectivity index (χ2v) is 8.77. The van der Waals surface area contributed by atoms with Gasteiger partial charge < -0.3 is 16.0 Å². The van der Waals surface area contributed by atoms with Crippen molar-refractivity contribution >= 4 is 40.3 Å². The SMILES string of the molecule is CNC(=O)c1ccc(-c2cc(NCC(SC)c3cccc4c(C(=O)NC)ccnc34)ncn2)cc1. The molecule has 0 fully saturated rings. The predicted octanol–water partition coefficient (Wildman–Crippen LogP) is 3.93. The third-order valence-electron chi connectivity index (χ3n) is 5.71. The van der Waals surface area contributed by atoms with Crippen molar-refractivity contribution in [1.82, 2.24) is 25.6 Å². The predicted molar refractivity (Wildman–Crippen MR) is 141 cm³/mol. The first kappa shape index (κ1) is 24.2. The van der Waals surface area contributed by atoms with Gasteiger partial charge in [-0.2, -0.15) is 11.8 Å². The van der Waals surface area contributed by atoms with Crippen LogP contribution in [0.15, 0.2) is 67.1 Å². The Morgan fingerprint density at radius 1 is 0.943 bits per heavy atom. The Hall–Kier alpha value is -3.98. The van der Waals surface area contributed by atoms with E-state index in [0.29, 0.717) is 23.5 Å². The number of rotatable bonds is 8. The van der Waals surface area contributed by atoms with Crippen LogP contribution >= 0.6 is 11.8 Å². The van der Waals surface area contributed by atoms with Gasteiger partial charge in [-0.15, -0.1) is 0 Å². The topological polar surface area (TPSA) is 109 Å². The first-order valence-electron chi connectivity index (χ1n) is 11.1. The summed E-state index contributed by atoms with van der Waals surface area (Å²) in [6, 6.07) is 16.8. The van der Waals surface area contributed by atoms with Crippen LogP contribution in [0.2, 0.25) is 0 Å². The Bertz CT molecular complexity index is 1360. The molecule has 0 spiro atoms. The number of benzene rings is 2. The first-order chi connectivity index (χ1) is 17.0. The van der Waals surface area contributed by atoms with E-state index in [2.05, 4.69) is 30.9 Å². The minimum Gasteiger partial charge on any atom is -0.368 e. The van der Waals surface area contributed by atoms with Crippen molar-refractivity contribution in [1.29, 1.82) is 0 Å². The van der Waals surface area contributed by atoms with Gasteiger partial charge in [0.05, 0.1) is 16.8 Å². The molecule has 2 aromatic heterocycles. The second kappa shape index (κ2) is 11.0. The van der Waals surface area contributed by atoms with Gasteiger partial charge in [-0.05, 0) is 30.0 Å². The monoisotopic (exact) mass is 486 g/mol. The normalized spacial score (nSPS) is 11.6. The van der Waals surface area contributed by atoms with E-state index in [-0.39, 0.29) is 17.1 Å². The maximum Gasteiger partial charge on any atom is 0.251 e. The fraction of sp³-hybridized carbons (Fsp3) is 0.192. The molecule has 2 aromatic carbocycles. The van der Waals surface area contributed by atoms with Crippen LogP contribution in [0, 0.1) is 0 Å². The van der Waals surface area contributed by atoms with Crippen LogP contribution in [0.5, 0.6) is 0 Å². The Morgan fingerprint density at radius 3 is 2.43 bits per heavy atom. The third kappa shape index (κ3) is 5.25. The van der Waals surface area contributed by atoms with E-state index in [4.69, 9.17) is 0 Å². The lowest BCUT2D eigenvalue weighted by molar-refractivity contribution is 0.0955. The molecule has 0 saturated heterocycles. The van der Waals surface area contributed by atoms with Crippen molar-refractivity contribution in [3.05, 3.63) is 83.8 Å². The van der Waals surface area contributed by atoms with Gasteiger partial charge in [-0.3, -0.25) is 14.6 Å². The quantitative estimate of drug-likeness (QED) is 0.346. The number of carbonyl (C=O) groups excluding carboxylic acids is 2. The number of hydrogen-bond acceptors (Lipinski definition) is 7. The molecule has 3 N–H and O–H groups in total. The standard InChI is InChI=1S/C26H26N6O2S/c1-27-25(33)17-9-7-16(8-10-17)21-13-23(32-15-31-21)30-14-22(35-3)20-6-4-5-18-19(26(34)28-2)11-12-29-24(18)20/h4-13,15,22H,14H2,1-3H3,(H,27,33)(H,28,34)(H,30,31,32). The molecule has 4 aromatic rings. The van der Waals surface area contributed by atoms with Crippen molar-refractivity contribution < 1.29 is 9.59 Å². The summed E-state index contributed by atoms with van der Waals surface area (Å²) in [5.41, 5.74) is 4.71. The number of thioether (sulfide) groups is 1. The van der Waals surface area contributed by atoms with Crippen molar-refractivity contribution in [3.8, 4) is 11.3 Å². The zero-order chi connectivity index (χ0) is 24.8. The van der Waals surface area contributed by atoms with E-state index in [0.717, 1.165) is 27.7 Å². The fourth-order valence-electron chi connectivity index (χ4n) is 3.86. The average Bonchev–Trinajstić information content (AvgIpc) is 2.92. The van der Waals surface area contributed by atoms with E-state index in [1.807, 2.05) is 42.7 Å². The molecule has 1 atom stereocenters. The van der Waals surface area contributed by atoms with Crippen molar-refractivity contribution in [2.45, 2.75) is 5.25 Å². The number of hydrogen-bond donors (Lipinski definition) is 3. The molecule has 2 amide bonds. The highest BCUT2D eigenvalue weighted by atomic mass is 32.2. The summed E-state index contributed by atoms with van der Waals surface area (Å²) < 4.78 is 0. The average molecular weight is 487 g/mol. The van der Waals surface area contributed by atoms with E-state index < -0.39 is 0 Å². The highest BCUT2D eigenvalue weighted by Crippen LogP contribution is 2.33. The van der Waals surface area contributed by atoms with Crippen LogP contribution in [0.3, 0.4) is 0 Å². The Morgan fingerprint density at radius 2 is 1.71 bits per heavy atom. The molecule has 0 bridgehead atoms. The largest absolute Gasteiger partial charge is 0.368 e. The summed E-state index contributed by atoms with van der Waals surface area (Å²) in [4.78, 5) is 37.4. The maximum atomic E-state index is 12.3. The van der Waals surface area contributed by atoms with Gasteiger partial charge in [-0.25, -0.2) is 9.97 Å². The molecule has 9 heteroatoms. The summed E-state index contributed by atoms with van der Waals surface area (Å²) in [5, 5.41) is 9.63. The molecule has 4 rings (SSSR count). The van der Waals surface area contributed by atoms with Gasteiger partial charge in [0.1, 0.15) is 12.1 Å². The maximum absolute atomic E-state index is 12.3. The molecular formula is C26H26N6O2S. The molecule has 0 saturated carbocycles. The minimum atomic E-state index is -0.134. The van der Waals surface area contributed by atoms with E-state index in [9.17, 15) is 9.59 Å². The highest BCUT2D eigenvalue weighted by Gasteiger charge is 2.17. The van der Waals surface area contributed by atoms with Gasteiger partial charge in [-0.1, -0.05) is 30.3 Å². The summed E-state index contributed by atoms with van der Waals surface area (Å²) >= 11 is 1.70. The summed E-state index contributed by atoms with van der Waals surface area (Å²) in [7, 11) is 3.23. The minimum absolute atomic E-state index is 0.0800. The van der Waals surface area contributed by atoms with E-state index in [1.165, 1.54) is 6.33 Å². The smallest absolute Gasteiger partial charge is 0.251 e. The van der Waals surface area contributed by atoms with Gasteiger partial charge in [0, 0.05) is 54.7 Å². The molecule has 0 aliphatic carbocycles. The number of amides is 2. The first-order valence-corrected chi connectivity index (χ1v) is 12.4. The number of nitrogens with one attached hydrogen (secondary N) is 3. The van der Waals surface area contributed by atoms with Crippen LogP contribution in [0.1, 0.15) is 31.5 Å². The molecule has 0 aliphatic heterocycles. The Labute approximate surface area is 208 Å². The Kier molecular flexibility index (Phi) is 7.57. The number of pyridine rings is 1. The lowest BCUT2D eigenvalue weighted by Gasteiger charge is -2.18. The molecule has 35 heavy (non-hydrogen) atoms. The van der Waals surface area contributed by atoms with Crippen LogP contribution in [-0.4, -0.2) is 53.7 Å². The molecule has 178 valence electrons. The van der Waals surface area contributed by atoms with Crippen LogP contribution in [0.25, 0.3) is 22.2 Å². The molecule has 8 nitrogen and oxygen atoms in total. The molecule has 1 unspecified atom stereocenters. The lowest BCUT2D eigenvalue weighted by atomic mass is 10.0. The van der Waals surface area contributed by atoms with Crippen LogP contribution < -0.4 is 16.0 Å². The Balaban J connectivity index is 1.55. The number of nitrogens with zero attached hydrogens (tertiary/aromatic N) is 3. The summed E-state index contributed by atoms with van der Waals surface area (Å²) in [6.07, 6.45) is 5.24. The molecule has 2 heterocycles. The van der Waals surface area contributed by atoms with E-state index >= 15 is 0 Å². The third-order valence-corrected chi connectivity index (χ3v) is 6.70. The lowest BCUT2D eigenvalue weighted by Crippen LogP contribution is -2.18. The molecule has 0 aliphatic rings. The molecule has 0 radical (unpaired) electrons. The summed E-state index contributed by atoms with van der Waals surface area (Å²) in [5.74, 6) is 0.434. The fourth-order valence-corrected chi connectivity index (χ4v) is 4.55. The number of aromatic nitrogens is 3. The van der Waals surface area contributed by atoms with Crippen molar-refractivity contribution in [3.63, 3.8) is 0 Å². The van der Waals surface area contributed by atoms with Gasteiger partial charge in [0.2, 0.25) is 0 Å². The molecular weight excluding hydrogens is 460 g/mol. The van der Waals surface area contributed by atoms with Gasteiger partial charge in [0.25, 0.3) is 11.8 Å². The number of fused-ring (bicyclic) bond motifs is 1. The summed E-state index contributed by atoms with van der Waals surface area (Å²) in [6.45, 7) is 0.609. The van der Waals surface area contributed by atoms with Crippen molar-refractivity contribution in [2.75, 3.05) is 32.2 Å². The number of carbonyl (C=O) groups is 2.